The normalized spacial score (nSPS) is 24.2. The van der Waals surface area contributed by atoms with Crippen LogP contribution in [0.2, 0.25) is 5.02 Å². The van der Waals surface area contributed by atoms with Crippen molar-refractivity contribution < 1.29 is 24.5 Å². The number of methoxy groups -OCH3 is 1. The molecule has 8 nitrogen and oxygen atoms in total. The highest BCUT2D eigenvalue weighted by Gasteiger charge is 2.55. The number of aryl methyl sites for hydroxylation is 1. The number of halogens is 1. The standard InChI is InChI=1S/C25H32ClN3O5/c1-13(2)34-9-5-8-29-24(15-6-7-18(30)20(11-15)33-4)21-22(27-28-23(21)25(29)32)16-12-17(26)14(3)10-19(16)31/h6-7,10-13,21-24,27-28,30-31H,5,8-9H2,1-4H3. The van der Waals surface area contributed by atoms with Crippen molar-refractivity contribution in [1.29, 1.82) is 0 Å². The van der Waals surface area contributed by atoms with Gasteiger partial charge in [0.2, 0.25) is 5.91 Å². The van der Waals surface area contributed by atoms with Crippen LogP contribution < -0.4 is 15.6 Å². The molecule has 0 spiro atoms. The van der Waals surface area contributed by atoms with Crippen molar-refractivity contribution in [3.8, 4) is 17.2 Å². The van der Waals surface area contributed by atoms with Crippen molar-refractivity contribution in [1.82, 2.24) is 15.8 Å². The number of carbonyl (C=O) groups is 1. The molecule has 2 aromatic rings. The van der Waals surface area contributed by atoms with Crippen LogP contribution in [0.15, 0.2) is 30.3 Å². The van der Waals surface area contributed by atoms with Gasteiger partial charge in [0.1, 0.15) is 11.8 Å². The fourth-order valence-corrected chi connectivity index (χ4v) is 5.15. The number of hydrogen-bond acceptors (Lipinski definition) is 7. The Morgan fingerprint density at radius 2 is 1.85 bits per heavy atom. The van der Waals surface area contributed by atoms with E-state index in [0.717, 1.165) is 11.1 Å². The number of nitrogens with one attached hydrogen (secondary N) is 2. The van der Waals surface area contributed by atoms with E-state index in [1.807, 2.05) is 31.7 Å². The molecule has 0 saturated carbocycles. The third-order valence-corrected chi connectivity index (χ3v) is 7.00. The lowest BCUT2D eigenvalue weighted by Crippen LogP contribution is -2.41. The lowest BCUT2D eigenvalue weighted by atomic mass is 9.83. The van der Waals surface area contributed by atoms with Crippen LogP contribution in [-0.2, 0) is 9.53 Å². The number of nitrogens with zero attached hydrogens (tertiary/aromatic N) is 1. The molecule has 2 aliphatic heterocycles. The first-order chi connectivity index (χ1) is 16.2. The summed E-state index contributed by atoms with van der Waals surface area (Å²) in [6.45, 7) is 6.86. The summed E-state index contributed by atoms with van der Waals surface area (Å²) in [4.78, 5) is 15.4. The predicted molar refractivity (Wildman–Crippen MR) is 129 cm³/mol. The molecular formula is C25H32ClN3O5. The number of aromatic hydroxyl groups is 2. The second-order valence-corrected chi connectivity index (χ2v) is 9.57. The monoisotopic (exact) mass is 489 g/mol. The molecule has 4 atom stereocenters. The topological polar surface area (TPSA) is 103 Å². The van der Waals surface area contributed by atoms with Crippen LogP contribution in [0.1, 0.15) is 49.0 Å². The van der Waals surface area contributed by atoms with Crippen LogP contribution in [0.5, 0.6) is 17.2 Å². The molecule has 4 rings (SSSR count). The van der Waals surface area contributed by atoms with Gasteiger partial charge in [-0.1, -0.05) is 17.7 Å². The summed E-state index contributed by atoms with van der Waals surface area (Å²) < 4.78 is 11.0. The summed E-state index contributed by atoms with van der Waals surface area (Å²) in [5.41, 5.74) is 8.61. The van der Waals surface area contributed by atoms with Gasteiger partial charge >= 0.3 is 0 Å². The summed E-state index contributed by atoms with van der Waals surface area (Å²) >= 11 is 6.39. The Kier molecular flexibility index (Phi) is 7.23. The molecular weight excluding hydrogens is 458 g/mol. The number of likely N-dealkylation sites (tertiary alicyclic amines) is 1. The van der Waals surface area contributed by atoms with Crippen molar-refractivity contribution in [2.75, 3.05) is 20.3 Å². The van der Waals surface area contributed by atoms with E-state index in [9.17, 15) is 15.0 Å². The molecule has 2 aromatic carbocycles. The Morgan fingerprint density at radius 1 is 1.12 bits per heavy atom. The first kappa shape index (κ1) is 24.6. The molecule has 9 heteroatoms. The van der Waals surface area contributed by atoms with Gasteiger partial charge in [0.15, 0.2) is 11.5 Å². The molecule has 2 heterocycles. The first-order valence-electron chi connectivity index (χ1n) is 11.5. The summed E-state index contributed by atoms with van der Waals surface area (Å²) in [5, 5.41) is 21.4. The third kappa shape index (κ3) is 4.55. The Balaban J connectivity index is 1.73. The molecule has 0 radical (unpaired) electrons. The van der Waals surface area contributed by atoms with Crippen molar-refractivity contribution >= 4 is 17.5 Å². The number of phenolic OH excluding ortho intramolecular Hbond substituents is 2. The molecule has 184 valence electrons. The second kappa shape index (κ2) is 10.00. The minimum atomic E-state index is -0.486. The summed E-state index contributed by atoms with van der Waals surface area (Å²) in [6.07, 6.45) is 0.810. The zero-order valence-electron chi connectivity index (χ0n) is 19.8. The van der Waals surface area contributed by atoms with Crippen LogP contribution >= 0.6 is 11.6 Å². The van der Waals surface area contributed by atoms with Gasteiger partial charge in [0.05, 0.1) is 25.3 Å². The smallest absolute Gasteiger partial charge is 0.242 e. The Morgan fingerprint density at radius 3 is 2.56 bits per heavy atom. The minimum absolute atomic E-state index is 0.0284. The van der Waals surface area contributed by atoms with Crippen LogP contribution in [-0.4, -0.2) is 53.4 Å². The fourth-order valence-electron chi connectivity index (χ4n) is 4.98. The van der Waals surface area contributed by atoms with E-state index in [-0.39, 0.29) is 41.5 Å². The number of carbonyl (C=O) groups excluding carboxylic acids is 1. The number of ether oxygens (including phenoxy) is 2. The number of phenols is 2. The van der Waals surface area contributed by atoms with Crippen LogP contribution in [0.4, 0.5) is 0 Å². The molecule has 0 bridgehead atoms. The van der Waals surface area contributed by atoms with Gasteiger partial charge in [0, 0.05) is 29.7 Å². The van der Waals surface area contributed by atoms with Crippen LogP contribution in [0.3, 0.4) is 0 Å². The average molecular weight is 490 g/mol. The van der Waals surface area contributed by atoms with E-state index < -0.39 is 6.04 Å². The molecule has 4 N–H and O–H groups in total. The second-order valence-electron chi connectivity index (χ2n) is 9.16. The van der Waals surface area contributed by atoms with E-state index in [0.29, 0.717) is 35.9 Å². The van der Waals surface area contributed by atoms with Gasteiger partial charge in [-0.15, -0.1) is 0 Å². The zero-order valence-corrected chi connectivity index (χ0v) is 20.6. The highest BCUT2D eigenvalue weighted by Crippen LogP contribution is 2.50. The number of rotatable bonds is 8. The van der Waals surface area contributed by atoms with Gasteiger partial charge in [0.25, 0.3) is 0 Å². The van der Waals surface area contributed by atoms with Gasteiger partial charge in [-0.2, -0.15) is 0 Å². The molecule has 34 heavy (non-hydrogen) atoms. The number of amides is 1. The Labute approximate surface area is 204 Å². The van der Waals surface area contributed by atoms with Gasteiger partial charge in [-0.25, -0.2) is 10.9 Å². The molecule has 2 aliphatic rings. The van der Waals surface area contributed by atoms with Crippen molar-refractivity contribution in [2.24, 2.45) is 5.92 Å². The highest BCUT2D eigenvalue weighted by atomic mass is 35.5. The summed E-state index contributed by atoms with van der Waals surface area (Å²) in [6, 6.07) is 7.39. The maximum Gasteiger partial charge on any atom is 0.242 e. The zero-order chi connectivity index (χ0) is 24.6. The van der Waals surface area contributed by atoms with Crippen molar-refractivity contribution in [3.63, 3.8) is 0 Å². The molecule has 0 aromatic heterocycles. The average Bonchev–Trinajstić information content (AvgIpc) is 3.33. The lowest BCUT2D eigenvalue weighted by Gasteiger charge is -2.32. The number of benzene rings is 2. The maximum atomic E-state index is 13.5. The largest absolute Gasteiger partial charge is 0.508 e. The Hall–Kier alpha value is -2.52. The fraction of sp³-hybridized carbons (Fsp3) is 0.480. The van der Waals surface area contributed by atoms with E-state index in [1.54, 1.807) is 24.3 Å². The first-order valence-corrected chi connectivity index (χ1v) is 11.9. The molecule has 0 aliphatic carbocycles. The SMILES string of the molecule is COc1cc(C2C3C(NNC3c3cc(Cl)c(C)cc3O)C(=O)N2CCCOC(C)C)ccc1O. The molecule has 2 fully saturated rings. The van der Waals surface area contributed by atoms with Gasteiger partial charge < -0.3 is 24.6 Å². The van der Waals surface area contributed by atoms with Crippen molar-refractivity contribution in [3.05, 3.63) is 52.0 Å². The number of fused-ring (bicyclic) bond motifs is 1. The highest BCUT2D eigenvalue weighted by molar-refractivity contribution is 6.31. The number of hydrogen-bond donors (Lipinski definition) is 4. The third-order valence-electron chi connectivity index (χ3n) is 6.60. The minimum Gasteiger partial charge on any atom is -0.508 e. The van der Waals surface area contributed by atoms with Crippen LogP contribution in [0, 0.1) is 12.8 Å². The molecule has 4 unspecified atom stereocenters. The quantitative estimate of drug-likeness (QED) is 0.420. The maximum absolute atomic E-state index is 13.5. The van der Waals surface area contributed by atoms with Crippen molar-refractivity contribution in [2.45, 2.75) is 51.4 Å². The lowest BCUT2D eigenvalue weighted by molar-refractivity contribution is -0.131. The molecule has 2 saturated heterocycles. The van der Waals surface area contributed by atoms with Gasteiger partial charge in [-0.05, 0) is 62.6 Å². The van der Waals surface area contributed by atoms with Crippen LogP contribution in [0.25, 0.3) is 0 Å². The molecule has 1 amide bonds. The van der Waals surface area contributed by atoms with E-state index >= 15 is 0 Å². The van der Waals surface area contributed by atoms with E-state index in [1.165, 1.54) is 7.11 Å². The van der Waals surface area contributed by atoms with Gasteiger partial charge in [-0.3, -0.25) is 4.79 Å². The van der Waals surface area contributed by atoms with E-state index in [2.05, 4.69) is 10.9 Å². The number of hydrazine groups is 1. The Bertz CT molecular complexity index is 1060. The summed E-state index contributed by atoms with van der Waals surface area (Å²) in [7, 11) is 1.50. The summed E-state index contributed by atoms with van der Waals surface area (Å²) in [5.74, 6) is 0.233. The van der Waals surface area contributed by atoms with E-state index in [4.69, 9.17) is 21.1 Å². The predicted octanol–water partition coefficient (Wildman–Crippen LogP) is 3.60.